The van der Waals surface area contributed by atoms with E-state index in [0.717, 1.165) is 30.1 Å². The van der Waals surface area contributed by atoms with Crippen molar-refractivity contribution in [1.82, 2.24) is 10.3 Å². The highest BCUT2D eigenvalue weighted by atomic mass is 32.1. The van der Waals surface area contributed by atoms with Gasteiger partial charge in [0.25, 0.3) is 0 Å². The first kappa shape index (κ1) is 12.9. The molecule has 5 heteroatoms. The molecule has 0 aliphatic heterocycles. The van der Waals surface area contributed by atoms with Gasteiger partial charge in [-0.1, -0.05) is 6.07 Å². The number of thiazole rings is 1. The first-order valence-corrected chi connectivity index (χ1v) is 6.62. The van der Waals surface area contributed by atoms with Crippen molar-refractivity contribution in [2.75, 3.05) is 13.7 Å². The number of phenolic OH excluding ortho intramolecular Hbond substituents is 1. The lowest BCUT2D eigenvalue weighted by Gasteiger charge is -2.07. The van der Waals surface area contributed by atoms with Crippen LogP contribution in [0.15, 0.2) is 29.8 Å². The number of nitrogens with one attached hydrogen (secondary N) is 1. The average Bonchev–Trinajstić information content (AvgIpc) is 2.88. The molecule has 0 saturated carbocycles. The normalized spacial score (nSPS) is 10.5. The summed E-state index contributed by atoms with van der Waals surface area (Å²) < 4.78 is 5.00. The molecular weight excluding hydrogens is 248 g/mol. The highest BCUT2D eigenvalue weighted by molar-refractivity contribution is 7.09. The highest BCUT2D eigenvalue weighted by Gasteiger charge is 2.02. The van der Waals surface area contributed by atoms with Crippen LogP contribution in [0.5, 0.6) is 11.5 Å². The first-order chi connectivity index (χ1) is 8.79. The number of methoxy groups -OCH3 is 1. The Bertz CT molecular complexity index is 486. The molecule has 0 fully saturated rings. The minimum absolute atomic E-state index is 0.178. The summed E-state index contributed by atoms with van der Waals surface area (Å²) in [6.45, 7) is 1.60. The molecule has 0 radical (unpaired) electrons. The largest absolute Gasteiger partial charge is 0.504 e. The number of phenols is 1. The number of hydrogen-bond acceptors (Lipinski definition) is 5. The lowest BCUT2D eigenvalue weighted by molar-refractivity contribution is 0.373. The van der Waals surface area contributed by atoms with E-state index in [9.17, 15) is 5.11 Å². The number of aromatic nitrogens is 1. The van der Waals surface area contributed by atoms with Crippen molar-refractivity contribution in [3.05, 3.63) is 40.3 Å². The molecule has 1 aromatic heterocycles. The third-order valence-electron chi connectivity index (χ3n) is 2.57. The van der Waals surface area contributed by atoms with Gasteiger partial charge in [-0.3, -0.25) is 0 Å². The van der Waals surface area contributed by atoms with Gasteiger partial charge in [-0.15, -0.1) is 11.3 Å². The van der Waals surface area contributed by atoms with Crippen molar-refractivity contribution in [3.63, 3.8) is 0 Å². The molecule has 0 aliphatic carbocycles. The van der Waals surface area contributed by atoms with E-state index in [-0.39, 0.29) is 5.75 Å². The molecule has 2 aromatic rings. The molecule has 0 amide bonds. The fourth-order valence-corrected chi connectivity index (χ4v) is 2.27. The molecule has 0 bridgehead atoms. The van der Waals surface area contributed by atoms with E-state index in [1.54, 1.807) is 30.6 Å². The predicted molar refractivity (Wildman–Crippen MR) is 72.2 cm³/mol. The quantitative estimate of drug-likeness (QED) is 0.785. The summed E-state index contributed by atoms with van der Waals surface area (Å²) in [4.78, 5) is 4.22. The van der Waals surface area contributed by atoms with Crippen LogP contribution in [0.4, 0.5) is 0 Å². The highest BCUT2D eigenvalue weighted by Crippen LogP contribution is 2.25. The fourth-order valence-electron chi connectivity index (χ4n) is 1.65. The zero-order valence-electron chi connectivity index (χ0n) is 10.2. The number of aromatic hydroxyl groups is 1. The van der Waals surface area contributed by atoms with E-state index in [4.69, 9.17) is 4.74 Å². The first-order valence-electron chi connectivity index (χ1n) is 5.74. The zero-order valence-corrected chi connectivity index (χ0v) is 11.0. The smallest absolute Gasteiger partial charge is 0.160 e. The number of hydrogen-bond donors (Lipinski definition) is 2. The monoisotopic (exact) mass is 264 g/mol. The van der Waals surface area contributed by atoms with Crippen LogP contribution in [0.25, 0.3) is 0 Å². The Morgan fingerprint density at radius 1 is 1.44 bits per heavy atom. The van der Waals surface area contributed by atoms with Crippen LogP contribution in [0.1, 0.15) is 10.6 Å². The molecule has 0 spiro atoms. The molecule has 0 unspecified atom stereocenters. The molecule has 2 N–H and O–H groups in total. The SMILES string of the molecule is COc1ccc(CNCCc2nccs2)cc1O. The Labute approximate surface area is 110 Å². The van der Waals surface area contributed by atoms with Crippen LogP contribution in [-0.2, 0) is 13.0 Å². The summed E-state index contributed by atoms with van der Waals surface area (Å²) in [6, 6.07) is 5.43. The average molecular weight is 264 g/mol. The molecule has 0 saturated heterocycles. The number of nitrogens with zero attached hydrogens (tertiary/aromatic N) is 1. The van der Waals surface area contributed by atoms with Gasteiger partial charge in [-0.25, -0.2) is 4.98 Å². The van der Waals surface area contributed by atoms with Crippen LogP contribution >= 0.6 is 11.3 Å². The van der Waals surface area contributed by atoms with E-state index >= 15 is 0 Å². The maximum atomic E-state index is 9.64. The van der Waals surface area contributed by atoms with Crippen molar-refractivity contribution in [1.29, 1.82) is 0 Å². The van der Waals surface area contributed by atoms with Gasteiger partial charge in [0.1, 0.15) is 0 Å². The number of benzene rings is 1. The van der Waals surface area contributed by atoms with Crippen LogP contribution in [0.2, 0.25) is 0 Å². The number of ether oxygens (including phenoxy) is 1. The van der Waals surface area contributed by atoms with Gasteiger partial charge in [0.15, 0.2) is 11.5 Å². The summed E-state index contributed by atoms with van der Waals surface area (Å²) in [5.41, 5.74) is 1.03. The number of rotatable bonds is 6. The topological polar surface area (TPSA) is 54.4 Å². The molecule has 18 heavy (non-hydrogen) atoms. The van der Waals surface area contributed by atoms with E-state index in [0.29, 0.717) is 5.75 Å². The van der Waals surface area contributed by atoms with Crippen molar-refractivity contribution in [2.24, 2.45) is 0 Å². The van der Waals surface area contributed by atoms with Gasteiger partial charge in [-0.2, -0.15) is 0 Å². The van der Waals surface area contributed by atoms with E-state index in [1.165, 1.54) is 0 Å². The molecule has 2 rings (SSSR count). The van der Waals surface area contributed by atoms with Gasteiger partial charge < -0.3 is 15.2 Å². The minimum Gasteiger partial charge on any atom is -0.504 e. The van der Waals surface area contributed by atoms with E-state index in [1.807, 2.05) is 17.6 Å². The summed E-state index contributed by atoms with van der Waals surface area (Å²) in [5, 5.41) is 16.1. The van der Waals surface area contributed by atoms with Crippen LogP contribution in [0, 0.1) is 0 Å². The summed E-state index contributed by atoms with van der Waals surface area (Å²) in [5.74, 6) is 0.679. The molecular formula is C13H16N2O2S. The third kappa shape index (κ3) is 3.45. The predicted octanol–water partition coefficient (Wildman–Crippen LogP) is 2.19. The Balaban J connectivity index is 1.78. The Kier molecular flexibility index (Phi) is 4.55. The Morgan fingerprint density at radius 3 is 3.00 bits per heavy atom. The minimum atomic E-state index is 0.178. The van der Waals surface area contributed by atoms with Gasteiger partial charge in [0, 0.05) is 31.1 Å². The van der Waals surface area contributed by atoms with Crippen molar-refractivity contribution in [3.8, 4) is 11.5 Å². The second-order valence-electron chi connectivity index (χ2n) is 3.86. The molecule has 0 atom stereocenters. The van der Waals surface area contributed by atoms with Gasteiger partial charge >= 0.3 is 0 Å². The van der Waals surface area contributed by atoms with E-state index < -0.39 is 0 Å². The van der Waals surface area contributed by atoms with Gasteiger partial charge in [0.05, 0.1) is 12.1 Å². The molecule has 4 nitrogen and oxygen atoms in total. The van der Waals surface area contributed by atoms with Gasteiger partial charge in [-0.05, 0) is 17.7 Å². The van der Waals surface area contributed by atoms with E-state index in [2.05, 4.69) is 10.3 Å². The second-order valence-corrected chi connectivity index (χ2v) is 4.84. The maximum Gasteiger partial charge on any atom is 0.160 e. The van der Waals surface area contributed by atoms with Crippen LogP contribution < -0.4 is 10.1 Å². The molecule has 96 valence electrons. The summed E-state index contributed by atoms with van der Waals surface area (Å²) in [7, 11) is 1.54. The van der Waals surface area contributed by atoms with Crippen molar-refractivity contribution >= 4 is 11.3 Å². The summed E-state index contributed by atoms with van der Waals surface area (Å²) in [6.07, 6.45) is 2.75. The standard InChI is InChI=1S/C13H16N2O2S/c1-17-12-3-2-10(8-11(12)16)9-14-5-4-13-15-6-7-18-13/h2-3,6-8,14,16H,4-5,9H2,1H3. The van der Waals surface area contributed by atoms with Crippen molar-refractivity contribution < 1.29 is 9.84 Å². The lowest BCUT2D eigenvalue weighted by Crippen LogP contribution is -2.16. The Morgan fingerprint density at radius 2 is 2.33 bits per heavy atom. The molecule has 0 aliphatic rings. The second kappa shape index (κ2) is 6.37. The zero-order chi connectivity index (χ0) is 12.8. The maximum absolute atomic E-state index is 9.64. The lowest BCUT2D eigenvalue weighted by atomic mass is 10.2. The van der Waals surface area contributed by atoms with Gasteiger partial charge in [0.2, 0.25) is 0 Å². The molecule has 1 heterocycles. The summed E-state index contributed by atoms with van der Waals surface area (Å²) >= 11 is 1.67. The third-order valence-corrected chi connectivity index (χ3v) is 3.41. The Hall–Kier alpha value is -1.59. The fraction of sp³-hybridized carbons (Fsp3) is 0.308. The van der Waals surface area contributed by atoms with Crippen molar-refractivity contribution in [2.45, 2.75) is 13.0 Å². The van der Waals surface area contributed by atoms with Crippen LogP contribution in [0.3, 0.4) is 0 Å². The molecule has 1 aromatic carbocycles. The van der Waals surface area contributed by atoms with Crippen LogP contribution in [-0.4, -0.2) is 23.7 Å².